The minimum Gasteiger partial charge on any atom is -0.468 e. The number of allylic oxidation sites excluding steroid dienone is 1. The van der Waals surface area contributed by atoms with Gasteiger partial charge >= 0.3 is 0 Å². The first kappa shape index (κ1) is 32.1. The number of nitrogens with one attached hydrogen (secondary N) is 3. The van der Waals surface area contributed by atoms with E-state index in [-0.39, 0.29) is 37.3 Å². The first-order chi connectivity index (χ1) is 18.8. The molecule has 39 heavy (non-hydrogen) atoms. The molecule has 10 N–H and O–H groups in total. The van der Waals surface area contributed by atoms with E-state index in [0.29, 0.717) is 45.5 Å². The van der Waals surface area contributed by atoms with Crippen LogP contribution in [0, 0.1) is 5.92 Å². The molecule has 0 aromatic heterocycles. The number of hydrogen-bond acceptors (Lipinski definition) is 12. The monoisotopic (exact) mass is 559 g/mol. The van der Waals surface area contributed by atoms with Crippen molar-refractivity contribution in [2.45, 2.75) is 101 Å². The van der Waals surface area contributed by atoms with Crippen LogP contribution >= 0.6 is 0 Å². The summed E-state index contributed by atoms with van der Waals surface area (Å²) in [5.74, 6) is 0.567. The van der Waals surface area contributed by atoms with Gasteiger partial charge in [-0.2, -0.15) is 0 Å². The molecule has 3 rings (SSSR count). The smallest absolute Gasteiger partial charge is 0.220 e. The van der Waals surface area contributed by atoms with Crippen LogP contribution in [0.2, 0.25) is 0 Å². The van der Waals surface area contributed by atoms with E-state index >= 15 is 0 Å². The topological polar surface area (TPSA) is 203 Å². The second-order valence-corrected chi connectivity index (χ2v) is 10.7. The maximum Gasteiger partial charge on any atom is 0.220 e. The predicted octanol–water partition coefficient (Wildman–Crippen LogP) is -1.99. The van der Waals surface area contributed by atoms with Gasteiger partial charge in [-0.1, -0.05) is 6.92 Å². The molecular formula is C26H49N5O8. The molecule has 3 aliphatic rings. The predicted molar refractivity (Wildman–Crippen MR) is 143 cm³/mol. The van der Waals surface area contributed by atoms with E-state index in [4.69, 9.17) is 35.5 Å². The van der Waals surface area contributed by atoms with Gasteiger partial charge in [0.1, 0.15) is 30.2 Å². The zero-order chi connectivity index (χ0) is 28.4. The average Bonchev–Trinajstić information content (AvgIpc) is 2.91. The summed E-state index contributed by atoms with van der Waals surface area (Å²) in [7, 11) is 1.76. The molecule has 0 bridgehead atoms. The second kappa shape index (κ2) is 16.2. The van der Waals surface area contributed by atoms with Gasteiger partial charge < -0.3 is 61.7 Å². The van der Waals surface area contributed by atoms with E-state index < -0.39 is 49.1 Å². The van der Waals surface area contributed by atoms with E-state index in [1.807, 2.05) is 13.0 Å². The molecule has 1 saturated carbocycles. The highest BCUT2D eigenvalue weighted by Gasteiger charge is 2.49. The van der Waals surface area contributed by atoms with Crippen LogP contribution in [-0.2, 0) is 23.7 Å². The molecule has 0 radical (unpaired) electrons. The minimum absolute atomic E-state index is 0.0567. The Bertz CT molecular complexity index is 777. The van der Waals surface area contributed by atoms with Crippen molar-refractivity contribution in [3.8, 4) is 0 Å². The molecule has 2 fully saturated rings. The summed E-state index contributed by atoms with van der Waals surface area (Å²) in [6.45, 7) is 4.00. The maximum atomic E-state index is 12.6. The third-order valence-corrected chi connectivity index (χ3v) is 7.56. The maximum absolute atomic E-state index is 12.6. The molecule has 0 aromatic carbocycles. The van der Waals surface area contributed by atoms with Gasteiger partial charge in [0.25, 0.3) is 0 Å². The molecule has 2 heterocycles. The fraction of sp³-hybridized carbons (Fsp3) is 0.885. The average molecular weight is 560 g/mol. The number of nitrogens with two attached hydrogens (primary N) is 2. The van der Waals surface area contributed by atoms with Crippen molar-refractivity contribution in [3.05, 3.63) is 11.8 Å². The lowest BCUT2D eigenvalue weighted by Crippen LogP contribution is -2.67. The van der Waals surface area contributed by atoms with Crippen LogP contribution < -0.4 is 27.4 Å². The zero-order valence-electron chi connectivity index (χ0n) is 23.2. The van der Waals surface area contributed by atoms with Gasteiger partial charge in [0.15, 0.2) is 12.6 Å². The number of aliphatic hydroxyl groups excluding tert-OH is 3. The third kappa shape index (κ3) is 9.05. The summed E-state index contributed by atoms with van der Waals surface area (Å²) < 4.78 is 24.2. The zero-order valence-corrected chi connectivity index (χ0v) is 23.2. The first-order valence-corrected chi connectivity index (χ1v) is 14.2. The lowest BCUT2D eigenvalue weighted by molar-refractivity contribution is -0.286. The van der Waals surface area contributed by atoms with E-state index in [1.54, 1.807) is 7.05 Å². The van der Waals surface area contributed by atoms with Crippen LogP contribution in [0.4, 0.5) is 0 Å². The summed E-state index contributed by atoms with van der Waals surface area (Å²) in [5, 5.41) is 40.6. The number of ether oxygens (including phenoxy) is 4. The molecule has 0 aromatic rings. The summed E-state index contributed by atoms with van der Waals surface area (Å²) >= 11 is 0. The van der Waals surface area contributed by atoms with E-state index in [9.17, 15) is 15.0 Å². The van der Waals surface area contributed by atoms with E-state index in [2.05, 4.69) is 16.0 Å². The number of aliphatic hydroxyl groups is 3. The Morgan fingerprint density at radius 1 is 1.21 bits per heavy atom. The third-order valence-electron chi connectivity index (χ3n) is 7.56. The van der Waals surface area contributed by atoms with Gasteiger partial charge in [-0.15, -0.1) is 0 Å². The van der Waals surface area contributed by atoms with Gasteiger partial charge in [-0.05, 0) is 57.8 Å². The number of hydrogen-bond donors (Lipinski definition) is 8. The Morgan fingerprint density at radius 3 is 2.72 bits per heavy atom. The molecule has 0 spiro atoms. The largest absolute Gasteiger partial charge is 0.468 e. The van der Waals surface area contributed by atoms with Gasteiger partial charge in [0.2, 0.25) is 5.91 Å². The molecule has 226 valence electrons. The van der Waals surface area contributed by atoms with Gasteiger partial charge in [-0.25, -0.2) is 0 Å². The summed E-state index contributed by atoms with van der Waals surface area (Å²) in [6, 6.07) is -1.49. The molecule has 0 unspecified atom stereocenters. The Morgan fingerprint density at radius 2 is 2.00 bits per heavy atom. The van der Waals surface area contributed by atoms with Crippen LogP contribution in [0.25, 0.3) is 0 Å². The van der Waals surface area contributed by atoms with Crippen molar-refractivity contribution < 1.29 is 39.1 Å². The Balaban J connectivity index is 1.69. The molecular weight excluding hydrogens is 510 g/mol. The van der Waals surface area contributed by atoms with E-state index in [0.717, 1.165) is 12.2 Å². The molecule has 1 saturated heterocycles. The van der Waals surface area contributed by atoms with Crippen LogP contribution in [0.5, 0.6) is 0 Å². The number of rotatable bonds is 14. The first-order valence-electron chi connectivity index (χ1n) is 14.2. The molecule has 1 amide bonds. The highest BCUT2D eigenvalue weighted by Crippen LogP contribution is 2.31. The standard InChI is InChI=1S/C26H49N5O8/c1-15-14-36-26(22(34)21(15)29-2)39-25-18(31-19(33)7-4-9-27)12-17(28)24(23(25)35)38-20-8-3-6-16(37-20)13-30-10-5-11-32/h6,15,17-18,20-26,29-30,32,34-35H,3-5,7-14,27-28H2,1-2H3,(H,31,33)/t15-,17+,18-,20-,21+,22-,23+,24-,25+,26-/m1/s1. The van der Waals surface area contributed by atoms with Gasteiger partial charge in [-0.3, -0.25) is 4.79 Å². The fourth-order valence-corrected chi connectivity index (χ4v) is 5.42. The lowest BCUT2D eigenvalue weighted by atomic mass is 9.83. The highest BCUT2D eigenvalue weighted by atomic mass is 16.7. The Hall–Kier alpha value is -1.39. The quantitative estimate of drug-likeness (QED) is 0.109. The second-order valence-electron chi connectivity index (χ2n) is 10.7. The molecule has 2 aliphatic heterocycles. The lowest BCUT2D eigenvalue weighted by Gasteiger charge is -2.47. The molecule has 1 aliphatic carbocycles. The van der Waals surface area contributed by atoms with Crippen molar-refractivity contribution >= 4 is 5.91 Å². The van der Waals surface area contributed by atoms with Crippen molar-refractivity contribution in [1.82, 2.24) is 16.0 Å². The SMILES string of the molecule is CN[C@@H]1[C@@H](O)[C@@H](O[C@@H]2[C@@H](O)[C@H](O[C@@H]3CCC=C(CNCCCO)O3)[C@@H](N)C[C@H]2NC(=O)CCCN)OC[C@H]1C. The van der Waals surface area contributed by atoms with Gasteiger partial charge in [0.05, 0.1) is 19.2 Å². The highest BCUT2D eigenvalue weighted by molar-refractivity contribution is 5.76. The fourth-order valence-electron chi connectivity index (χ4n) is 5.42. The van der Waals surface area contributed by atoms with Gasteiger partial charge in [0, 0.05) is 31.5 Å². The molecule has 13 heteroatoms. The Kier molecular flexibility index (Phi) is 13.3. The van der Waals surface area contributed by atoms with Crippen molar-refractivity contribution in [3.63, 3.8) is 0 Å². The number of carbonyl (C=O) groups is 1. The minimum atomic E-state index is -1.22. The number of likely N-dealkylation sites (N-methyl/N-ethyl adjacent to an activating group) is 1. The summed E-state index contributed by atoms with van der Waals surface area (Å²) in [6.07, 6.45) is -0.590. The van der Waals surface area contributed by atoms with Crippen molar-refractivity contribution in [2.24, 2.45) is 17.4 Å². The summed E-state index contributed by atoms with van der Waals surface area (Å²) in [5.41, 5.74) is 12.0. The van der Waals surface area contributed by atoms with Crippen LogP contribution in [-0.4, -0.2) is 116 Å². The number of amides is 1. The van der Waals surface area contributed by atoms with Crippen molar-refractivity contribution in [1.29, 1.82) is 0 Å². The normalized spacial score (nSPS) is 37.2. The van der Waals surface area contributed by atoms with Crippen molar-refractivity contribution in [2.75, 3.05) is 39.9 Å². The Labute approximate surface area is 230 Å². The molecule has 13 nitrogen and oxygen atoms in total. The number of carbonyl (C=O) groups excluding carboxylic acids is 1. The molecule has 10 atom stereocenters. The van der Waals surface area contributed by atoms with Crippen LogP contribution in [0.3, 0.4) is 0 Å². The van der Waals surface area contributed by atoms with E-state index in [1.165, 1.54) is 0 Å². The summed E-state index contributed by atoms with van der Waals surface area (Å²) in [4.78, 5) is 12.6. The van der Waals surface area contributed by atoms with Crippen LogP contribution in [0.15, 0.2) is 11.8 Å². The van der Waals surface area contributed by atoms with Crippen LogP contribution in [0.1, 0.15) is 45.4 Å².